The number of alkyl halides is 3. The summed E-state index contributed by atoms with van der Waals surface area (Å²) in [6, 6.07) is -0.124. The maximum Gasteiger partial charge on any atom is 0.410 e. The summed E-state index contributed by atoms with van der Waals surface area (Å²) in [5.41, 5.74) is 2.97. The van der Waals surface area contributed by atoms with Crippen LogP contribution in [0.5, 0.6) is 0 Å². The Kier molecular flexibility index (Phi) is 5.51. The lowest BCUT2D eigenvalue weighted by atomic mass is 10.0. The minimum Gasteiger partial charge on any atom is -0.367 e. The Balaban J connectivity index is 1.55. The molecule has 1 N–H and O–H groups in total. The largest absolute Gasteiger partial charge is 0.410 e. The molecule has 0 unspecified atom stereocenters. The van der Waals surface area contributed by atoms with Crippen LogP contribution in [0.2, 0.25) is 0 Å². The monoisotopic (exact) mass is 438 g/mol. The van der Waals surface area contributed by atoms with E-state index in [1.165, 1.54) is 0 Å². The highest BCUT2D eigenvalue weighted by atomic mass is 19.4. The van der Waals surface area contributed by atoms with E-state index in [1.807, 2.05) is 20.8 Å². The van der Waals surface area contributed by atoms with Crippen LogP contribution in [0.25, 0.3) is 0 Å². The molecule has 0 bridgehead atoms. The first-order valence-electron chi connectivity index (χ1n) is 10.9. The van der Waals surface area contributed by atoms with E-state index in [4.69, 9.17) is 0 Å². The minimum atomic E-state index is -4.35. The molecule has 0 saturated carbocycles. The predicted molar refractivity (Wildman–Crippen MR) is 110 cm³/mol. The van der Waals surface area contributed by atoms with Gasteiger partial charge in [0.25, 0.3) is 5.91 Å². The Hall–Kier alpha value is -2.52. The topological polar surface area (TPSA) is 68.0 Å². The number of fused-ring (bicyclic) bond motifs is 1. The molecule has 4 heterocycles. The fraction of sp³-hybridized carbons (Fsp3) is 0.667. The number of carbonyl (C=O) groups excluding carboxylic acids is 1. The molecule has 1 saturated heterocycles. The number of carbonyl (C=O) groups is 1. The Morgan fingerprint density at radius 1 is 1.29 bits per heavy atom. The van der Waals surface area contributed by atoms with Crippen LogP contribution >= 0.6 is 0 Å². The van der Waals surface area contributed by atoms with E-state index in [0.717, 1.165) is 22.4 Å². The zero-order valence-corrected chi connectivity index (χ0v) is 18.3. The summed E-state index contributed by atoms with van der Waals surface area (Å²) in [4.78, 5) is 14.9. The normalized spacial score (nSPS) is 23.7. The van der Waals surface area contributed by atoms with Crippen LogP contribution in [0.4, 0.5) is 19.0 Å². The van der Waals surface area contributed by atoms with Crippen molar-refractivity contribution in [3.05, 3.63) is 28.7 Å². The van der Waals surface area contributed by atoms with Gasteiger partial charge in [-0.15, -0.1) is 0 Å². The van der Waals surface area contributed by atoms with Gasteiger partial charge >= 0.3 is 6.18 Å². The minimum absolute atomic E-state index is 0.0249. The number of aryl methyl sites for hydroxylation is 2. The summed E-state index contributed by atoms with van der Waals surface area (Å²) in [6.07, 6.45) is -2.33. The number of likely N-dealkylation sites (tertiary alicyclic amines) is 1. The molecule has 2 aromatic rings. The van der Waals surface area contributed by atoms with Crippen molar-refractivity contribution in [1.29, 1.82) is 0 Å². The highest BCUT2D eigenvalue weighted by Gasteiger charge is 2.46. The number of nitrogens with one attached hydrogen (secondary N) is 1. The molecule has 170 valence electrons. The molecule has 31 heavy (non-hydrogen) atoms. The van der Waals surface area contributed by atoms with E-state index in [2.05, 4.69) is 15.5 Å². The summed E-state index contributed by atoms with van der Waals surface area (Å²) in [5.74, 6) is 0.239. The first-order chi connectivity index (χ1) is 14.6. The number of aromatic nitrogens is 4. The molecule has 0 radical (unpaired) electrons. The van der Waals surface area contributed by atoms with Crippen molar-refractivity contribution in [2.24, 2.45) is 7.05 Å². The second-order valence-electron chi connectivity index (χ2n) is 8.58. The Bertz CT molecular complexity index is 979. The molecule has 0 aliphatic carbocycles. The van der Waals surface area contributed by atoms with Crippen LogP contribution in [-0.2, 0) is 13.5 Å². The Morgan fingerprint density at radius 3 is 2.65 bits per heavy atom. The van der Waals surface area contributed by atoms with Crippen LogP contribution in [0, 0.1) is 6.92 Å². The number of nitrogens with zero attached hydrogens (tertiary/aromatic N) is 5. The van der Waals surface area contributed by atoms with Gasteiger partial charge in [-0.1, -0.05) is 13.8 Å². The van der Waals surface area contributed by atoms with Crippen LogP contribution < -0.4 is 5.32 Å². The zero-order valence-electron chi connectivity index (χ0n) is 18.3. The highest BCUT2D eigenvalue weighted by molar-refractivity contribution is 5.94. The van der Waals surface area contributed by atoms with Gasteiger partial charge in [0.15, 0.2) is 6.04 Å². The lowest BCUT2D eigenvalue weighted by Crippen LogP contribution is -2.38. The molecule has 0 aromatic carbocycles. The molecule has 4 rings (SSSR count). The van der Waals surface area contributed by atoms with Gasteiger partial charge in [0.05, 0.1) is 11.4 Å². The standard InChI is InChI=1S/C21H29F3N6O/c1-5-14-9-17(21(22,23)24)30-18(25-14)10-16(27-30)13-7-8-29(11-13)20(31)19-12(3)15(6-2)26-28(19)4/h10,13-14,17,25H,5-9,11H2,1-4H3/t13-,14-,17-/m1/s1. The molecule has 10 heteroatoms. The second-order valence-corrected chi connectivity index (χ2v) is 8.58. The van der Waals surface area contributed by atoms with E-state index in [0.29, 0.717) is 43.1 Å². The third kappa shape index (κ3) is 3.80. The van der Waals surface area contributed by atoms with Gasteiger partial charge < -0.3 is 10.2 Å². The van der Waals surface area contributed by atoms with E-state index >= 15 is 0 Å². The lowest BCUT2D eigenvalue weighted by molar-refractivity contribution is -0.173. The van der Waals surface area contributed by atoms with E-state index < -0.39 is 12.2 Å². The van der Waals surface area contributed by atoms with Crippen molar-refractivity contribution in [2.45, 2.75) is 70.6 Å². The van der Waals surface area contributed by atoms with Crippen molar-refractivity contribution in [2.75, 3.05) is 18.4 Å². The highest BCUT2D eigenvalue weighted by Crippen LogP contribution is 2.41. The van der Waals surface area contributed by atoms with Gasteiger partial charge in [-0.3, -0.25) is 9.48 Å². The van der Waals surface area contributed by atoms with Gasteiger partial charge in [-0.05, 0) is 32.6 Å². The summed E-state index contributed by atoms with van der Waals surface area (Å²) in [5, 5.41) is 12.0. The van der Waals surface area contributed by atoms with Gasteiger partial charge in [-0.25, -0.2) is 4.68 Å². The average molecular weight is 438 g/mol. The maximum absolute atomic E-state index is 13.6. The predicted octanol–water partition coefficient (Wildman–Crippen LogP) is 3.81. The van der Waals surface area contributed by atoms with Crippen molar-refractivity contribution < 1.29 is 18.0 Å². The third-order valence-corrected chi connectivity index (χ3v) is 6.59. The first-order valence-corrected chi connectivity index (χ1v) is 10.9. The SMILES string of the molecule is CCc1nn(C)c(C(=O)N2CC[C@@H](c3cc4n(n3)[C@@H](C(F)(F)F)C[C@@H](CC)N4)C2)c1C. The summed E-state index contributed by atoms with van der Waals surface area (Å²) >= 11 is 0. The fourth-order valence-corrected chi connectivity index (χ4v) is 4.79. The van der Waals surface area contributed by atoms with E-state index in [-0.39, 0.29) is 24.3 Å². The number of rotatable bonds is 4. The quantitative estimate of drug-likeness (QED) is 0.788. The molecule has 2 aromatic heterocycles. The molecule has 0 spiro atoms. The average Bonchev–Trinajstić information content (AvgIpc) is 3.42. The molecule has 3 atom stereocenters. The summed E-state index contributed by atoms with van der Waals surface area (Å²) < 4.78 is 43.6. The zero-order chi connectivity index (χ0) is 22.5. The number of hydrogen-bond donors (Lipinski definition) is 1. The van der Waals surface area contributed by atoms with Crippen molar-refractivity contribution >= 4 is 11.7 Å². The van der Waals surface area contributed by atoms with E-state index in [9.17, 15) is 18.0 Å². The second kappa shape index (κ2) is 7.87. The molecule has 2 aliphatic heterocycles. The Labute approximate surface area is 179 Å². The molecule has 1 fully saturated rings. The maximum atomic E-state index is 13.6. The van der Waals surface area contributed by atoms with Crippen LogP contribution in [-0.4, -0.2) is 55.7 Å². The van der Waals surface area contributed by atoms with Crippen molar-refractivity contribution in [1.82, 2.24) is 24.5 Å². The van der Waals surface area contributed by atoms with E-state index in [1.54, 1.807) is 22.7 Å². The van der Waals surface area contributed by atoms with Gasteiger partial charge in [0.2, 0.25) is 0 Å². The number of halogens is 3. The van der Waals surface area contributed by atoms with Gasteiger partial charge in [0.1, 0.15) is 11.5 Å². The smallest absolute Gasteiger partial charge is 0.367 e. The first kappa shape index (κ1) is 21.7. The lowest BCUT2D eigenvalue weighted by Gasteiger charge is -2.32. The summed E-state index contributed by atoms with van der Waals surface area (Å²) in [7, 11) is 1.77. The number of hydrogen-bond acceptors (Lipinski definition) is 4. The molecule has 1 amide bonds. The third-order valence-electron chi connectivity index (χ3n) is 6.59. The number of anilines is 1. The van der Waals surface area contributed by atoms with Crippen LogP contribution in [0.15, 0.2) is 6.07 Å². The van der Waals surface area contributed by atoms with Crippen molar-refractivity contribution in [3.63, 3.8) is 0 Å². The van der Waals surface area contributed by atoms with Gasteiger partial charge in [-0.2, -0.15) is 23.4 Å². The Morgan fingerprint density at radius 2 is 2.03 bits per heavy atom. The van der Waals surface area contributed by atoms with Crippen LogP contribution in [0.1, 0.15) is 72.5 Å². The molecule has 2 aliphatic rings. The van der Waals surface area contributed by atoms with Gasteiger partial charge in [0, 0.05) is 43.7 Å². The summed E-state index contributed by atoms with van der Waals surface area (Å²) in [6.45, 7) is 6.77. The number of amides is 1. The van der Waals surface area contributed by atoms with Crippen LogP contribution in [0.3, 0.4) is 0 Å². The van der Waals surface area contributed by atoms with Crippen molar-refractivity contribution in [3.8, 4) is 0 Å². The molecular weight excluding hydrogens is 409 g/mol. The molecule has 7 nitrogen and oxygen atoms in total. The molecular formula is C21H29F3N6O. The fourth-order valence-electron chi connectivity index (χ4n) is 4.79.